The standard InChI is InChI=1S/C12H14N4/c1-8-2-3-9(6-14-8)11-12(13)16(7-15-11)10-4-5-10/h2-3,6-7,10H,4-5,13H2,1H3. The van der Waals surface area contributed by atoms with E-state index in [1.165, 1.54) is 12.8 Å². The van der Waals surface area contributed by atoms with Gasteiger partial charge in [0.05, 0.1) is 6.33 Å². The lowest BCUT2D eigenvalue weighted by molar-refractivity contribution is 0.751. The predicted molar refractivity (Wildman–Crippen MR) is 62.9 cm³/mol. The van der Waals surface area contributed by atoms with Crippen LogP contribution < -0.4 is 5.73 Å². The van der Waals surface area contributed by atoms with E-state index in [0.29, 0.717) is 6.04 Å². The van der Waals surface area contributed by atoms with Gasteiger partial charge in [0.2, 0.25) is 0 Å². The van der Waals surface area contributed by atoms with Gasteiger partial charge in [0.15, 0.2) is 0 Å². The Bertz CT molecular complexity index is 508. The van der Waals surface area contributed by atoms with E-state index < -0.39 is 0 Å². The number of anilines is 1. The lowest BCUT2D eigenvalue weighted by Gasteiger charge is -2.03. The number of nitrogens with zero attached hydrogens (tertiary/aromatic N) is 3. The van der Waals surface area contributed by atoms with Crippen molar-refractivity contribution >= 4 is 5.82 Å². The van der Waals surface area contributed by atoms with Crippen LogP contribution in [0.3, 0.4) is 0 Å². The zero-order chi connectivity index (χ0) is 11.1. The van der Waals surface area contributed by atoms with Gasteiger partial charge in [-0.05, 0) is 31.9 Å². The number of rotatable bonds is 2. The summed E-state index contributed by atoms with van der Waals surface area (Å²) in [6.45, 7) is 1.97. The third-order valence-electron chi connectivity index (χ3n) is 2.96. The van der Waals surface area contributed by atoms with E-state index in [-0.39, 0.29) is 0 Å². The molecule has 1 saturated carbocycles. The van der Waals surface area contributed by atoms with Crippen LogP contribution in [0, 0.1) is 6.92 Å². The Morgan fingerprint density at radius 3 is 2.75 bits per heavy atom. The van der Waals surface area contributed by atoms with Crippen molar-refractivity contribution in [2.75, 3.05) is 5.73 Å². The van der Waals surface area contributed by atoms with Crippen LogP contribution in [0.2, 0.25) is 0 Å². The lowest BCUT2D eigenvalue weighted by Crippen LogP contribution is -1.99. The Morgan fingerprint density at radius 2 is 2.12 bits per heavy atom. The molecule has 1 fully saturated rings. The van der Waals surface area contributed by atoms with Gasteiger partial charge in [-0.25, -0.2) is 4.98 Å². The molecule has 0 amide bonds. The Morgan fingerprint density at radius 1 is 1.31 bits per heavy atom. The summed E-state index contributed by atoms with van der Waals surface area (Å²) in [5, 5.41) is 0. The number of aryl methyl sites for hydroxylation is 1. The van der Waals surface area contributed by atoms with Gasteiger partial charge < -0.3 is 10.3 Å². The molecule has 0 radical (unpaired) electrons. The van der Waals surface area contributed by atoms with Crippen LogP contribution in [0.4, 0.5) is 5.82 Å². The third kappa shape index (κ3) is 1.46. The zero-order valence-electron chi connectivity index (χ0n) is 9.22. The van der Waals surface area contributed by atoms with Crippen LogP contribution in [0.5, 0.6) is 0 Å². The van der Waals surface area contributed by atoms with Crippen LogP contribution in [-0.2, 0) is 0 Å². The number of pyridine rings is 1. The normalized spacial score (nSPS) is 15.3. The van der Waals surface area contributed by atoms with Gasteiger partial charge in [0.25, 0.3) is 0 Å². The zero-order valence-corrected chi connectivity index (χ0v) is 9.22. The molecule has 2 aromatic rings. The maximum absolute atomic E-state index is 6.09. The first-order chi connectivity index (χ1) is 7.75. The average Bonchev–Trinajstić information content (AvgIpc) is 3.05. The molecule has 4 nitrogen and oxygen atoms in total. The summed E-state index contributed by atoms with van der Waals surface area (Å²) in [7, 11) is 0. The second-order valence-electron chi connectivity index (χ2n) is 4.31. The summed E-state index contributed by atoms with van der Waals surface area (Å²) in [6.07, 6.45) is 6.09. The maximum Gasteiger partial charge on any atom is 0.131 e. The Kier molecular flexibility index (Phi) is 1.96. The summed E-state index contributed by atoms with van der Waals surface area (Å²) in [6, 6.07) is 4.56. The van der Waals surface area contributed by atoms with Gasteiger partial charge in [0, 0.05) is 23.5 Å². The molecule has 2 aromatic heterocycles. The monoisotopic (exact) mass is 214 g/mol. The summed E-state index contributed by atoms with van der Waals surface area (Å²) in [5.41, 5.74) is 8.93. The van der Waals surface area contributed by atoms with Crippen LogP contribution >= 0.6 is 0 Å². The Balaban J connectivity index is 2.02. The fourth-order valence-corrected chi connectivity index (χ4v) is 1.84. The number of hydrogen-bond donors (Lipinski definition) is 1. The van der Waals surface area contributed by atoms with Crippen molar-refractivity contribution in [1.82, 2.24) is 14.5 Å². The highest BCUT2D eigenvalue weighted by Gasteiger charge is 2.26. The van der Waals surface area contributed by atoms with Crippen LogP contribution in [0.15, 0.2) is 24.7 Å². The molecule has 1 aliphatic carbocycles. The summed E-state index contributed by atoms with van der Waals surface area (Å²) in [4.78, 5) is 8.64. The topological polar surface area (TPSA) is 56.7 Å². The van der Waals surface area contributed by atoms with Crippen molar-refractivity contribution in [2.24, 2.45) is 0 Å². The fourth-order valence-electron chi connectivity index (χ4n) is 1.84. The highest BCUT2D eigenvalue weighted by molar-refractivity contribution is 5.69. The molecule has 3 rings (SSSR count). The van der Waals surface area contributed by atoms with Crippen LogP contribution in [0.25, 0.3) is 11.3 Å². The maximum atomic E-state index is 6.09. The predicted octanol–water partition coefficient (Wildman–Crippen LogP) is 2.17. The van der Waals surface area contributed by atoms with E-state index in [1.807, 2.05) is 31.6 Å². The minimum Gasteiger partial charge on any atom is -0.383 e. The first-order valence-electron chi connectivity index (χ1n) is 5.51. The van der Waals surface area contributed by atoms with E-state index in [9.17, 15) is 0 Å². The van der Waals surface area contributed by atoms with E-state index in [1.54, 1.807) is 0 Å². The fraction of sp³-hybridized carbons (Fsp3) is 0.333. The SMILES string of the molecule is Cc1ccc(-c2ncn(C3CC3)c2N)cn1. The second kappa shape index (κ2) is 3.33. The highest BCUT2D eigenvalue weighted by Crippen LogP contribution is 2.38. The molecular weight excluding hydrogens is 200 g/mol. The van der Waals surface area contributed by atoms with Crippen LogP contribution in [-0.4, -0.2) is 14.5 Å². The number of aromatic nitrogens is 3. The van der Waals surface area contributed by atoms with E-state index in [4.69, 9.17) is 5.73 Å². The van der Waals surface area contributed by atoms with Crippen molar-refractivity contribution < 1.29 is 0 Å². The van der Waals surface area contributed by atoms with Crippen molar-refractivity contribution in [2.45, 2.75) is 25.8 Å². The average molecular weight is 214 g/mol. The smallest absolute Gasteiger partial charge is 0.131 e. The van der Waals surface area contributed by atoms with Crippen molar-refractivity contribution in [1.29, 1.82) is 0 Å². The minimum atomic E-state index is 0.569. The molecule has 16 heavy (non-hydrogen) atoms. The van der Waals surface area contributed by atoms with Gasteiger partial charge in [-0.3, -0.25) is 4.98 Å². The molecule has 0 aliphatic heterocycles. The van der Waals surface area contributed by atoms with Crippen LogP contribution in [0.1, 0.15) is 24.6 Å². The quantitative estimate of drug-likeness (QED) is 0.833. The van der Waals surface area contributed by atoms with E-state index >= 15 is 0 Å². The van der Waals surface area contributed by atoms with Crippen molar-refractivity contribution in [3.8, 4) is 11.3 Å². The molecule has 0 bridgehead atoms. The molecule has 2 N–H and O–H groups in total. The molecule has 0 unspecified atom stereocenters. The van der Waals surface area contributed by atoms with Gasteiger partial charge in [-0.1, -0.05) is 0 Å². The first-order valence-corrected chi connectivity index (χ1v) is 5.51. The van der Waals surface area contributed by atoms with Crippen molar-refractivity contribution in [3.63, 3.8) is 0 Å². The van der Waals surface area contributed by atoms with Gasteiger partial charge in [-0.15, -0.1) is 0 Å². The number of nitrogens with two attached hydrogens (primary N) is 1. The molecular formula is C12H14N4. The molecule has 0 atom stereocenters. The van der Waals surface area contributed by atoms with E-state index in [2.05, 4.69) is 14.5 Å². The third-order valence-corrected chi connectivity index (χ3v) is 2.96. The Hall–Kier alpha value is -1.84. The number of hydrogen-bond acceptors (Lipinski definition) is 3. The molecule has 0 aromatic carbocycles. The molecule has 4 heteroatoms. The largest absolute Gasteiger partial charge is 0.383 e. The lowest BCUT2D eigenvalue weighted by atomic mass is 10.2. The molecule has 0 saturated heterocycles. The number of imidazole rings is 1. The van der Waals surface area contributed by atoms with Crippen molar-refractivity contribution in [3.05, 3.63) is 30.4 Å². The minimum absolute atomic E-state index is 0.569. The first kappa shape index (κ1) is 9.39. The summed E-state index contributed by atoms with van der Waals surface area (Å²) < 4.78 is 2.06. The molecule has 2 heterocycles. The van der Waals surface area contributed by atoms with Gasteiger partial charge in [0.1, 0.15) is 11.5 Å². The molecule has 0 spiro atoms. The second-order valence-corrected chi connectivity index (χ2v) is 4.31. The summed E-state index contributed by atoms with van der Waals surface area (Å²) in [5.74, 6) is 0.758. The highest BCUT2D eigenvalue weighted by atomic mass is 15.2. The Labute approximate surface area is 94.1 Å². The van der Waals surface area contributed by atoms with E-state index in [0.717, 1.165) is 22.8 Å². The van der Waals surface area contributed by atoms with Gasteiger partial charge in [-0.2, -0.15) is 0 Å². The molecule has 82 valence electrons. The van der Waals surface area contributed by atoms with Gasteiger partial charge >= 0.3 is 0 Å². The number of nitrogen functional groups attached to an aromatic ring is 1. The molecule has 1 aliphatic rings. The summed E-state index contributed by atoms with van der Waals surface area (Å²) >= 11 is 0.